The second-order valence-electron chi connectivity index (χ2n) is 6.66. The predicted molar refractivity (Wildman–Crippen MR) is 124 cm³/mol. The molecule has 0 atom stereocenters. The summed E-state index contributed by atoms with van der Waals surface area (Å²) >= 11 is 1.08. The van der Waals surface area contributed by atoms with Crippen LogP contribution in [-0.2, 0) is 16.1 Å². The number of aryl methyl sites for hydroxylation is 1. The Morgan fingerprint density at radius 1 is 1.12 bits per heavy atom. The number of anilines is 1. The fourth-order valence-corrected chi connectivity index (χ4v) is 3.66. The molecule has 1 heterocycles. The summed E-state index contributed by atoms with van der Waals surface area (Å²) < 4.78 is 16.3. The number of methoxy groups -OCH3 is 1. The van der Waals surface area contributed by atoms with Crippen molar-refractivity contribution in [2.45, 2.75) is 20.5 Å². The summed E-state index contributed by atoms with van der Waals surface area (Å²) in [6, 6.07) is 15.3. The second kappa shape index (κ2) is 11.1. The molecule has 0 fully saturated rings. The van der Waals surface area contributed by atoms with Gasteiger partial charge in [0.25, 0.3) is 0 Å². The van der Waals surface area contributed by atoms with Crippen LogP contribution in [0.1, 0.15) is 33.4 Å². The molecule has 0 saturated carbocycles. The number of ether oxygens (including phenoxy) is 3. The van der Waals surface area contributed by atoms with Gasteiger partial charge in [-0.15, -0.1) is 0 Å². The number of esters is 1. The normalized spacial score (nSPS) is 10.7. The maximum Gasteiger partial charge on any atom is 0.350 e. The molecule has 0 aliphatic rings. The van der Waals surface area contributed by atoms with Crippen molar-refractivity contribution in [2.24, 2.45) is 0 Å². The predicted octanol–water partition coefficient (Wildman–Crippen LogP) is 4.87. The molecular formula is C24H24N2O5S. The first-order valence-electron chi connectivity index (χ1n) is 9.98. The summed E-state index contributed by atoms with van der Waals surface area (Å²) in [5.74, 6) is 0.374. The fourth-order valence-electron chi connectivity index (χ4n) is 2.80. The molecule has 0 unspecified atom stereocenters. The molecule has 3 rings (SSSR count). The Morgan fingerprint density at radius 3 is 2.62 bits per heavy atom. The summed E-state index contributed by atoms with van der Waals surface area (Å²) in [6.07, 6.45) is 3.05. The van der Waals surface area contributed by atoms with E-state index in [9.17, 15) is 9.59 Å². The van der Waals surface area contributed by atoms with Gasteiger partial charge >= 0.3 is 5.97 Å². The van der Waals surface area contributed by atoms with Crippen LogP contribution in [0.4, 0.5) is 5.13 Å². The molecule has 1 N–H and O–H groups in total. The van der Waals surface area contributed by atoms with Crippen molar-refractivity contribution >= 4 is 34.4 Å². The van der Waals surface area contributed by atoms with Gasteiger partial charge in [-0.3, -0.25) is 10.1 Å². The third-order valence-corrected chi connectivity index (χ3v) is 5.39. The minimum atomic E-state index is -0.444. The first-order chi connectivity index (χ1) is 15.5. The number of amides is 1. The molecule has 32 heavy (non-hydrogen) atoms. The van der Waals surface area contributed by atoms with Crippen molar-refractivity contribution in [2.75, 3.05) is 19.0 Å². The van der Waals surface area contributed by atoms with E-state index in [1.165, 1.54) is 6.08 Å². The molecule has 0 saturated heterocycles. The van der Waals surface area contributed by atoms with E-state index in [1.54, 1.807) is 39.2 Å². The van der Waals surface area contributed by atoms with Crippen molar-refractivity contribution in [3.8, 4) is 11.5 Å². The maximum atomic E-state index is 12.3. The molecule has 8 heteroatoms. The topological polar surface area (TPSA) is 86.8 Å². The van der Waals surface area contributed by atoms with Crippen molar-refractivity contribution < 1.29 is 23.8 Å². The highest BCUT2D eigenvalue weighted by Gasteiger charge is 2.17. The molecule has 0 aliphatic carbocycles. The molecule has 0 aliphatic heterocycles. The van der Waals surface area contributed by atoms with E-state index >= 15 is 0 Å². The Kier molecular flexibility index (Phi) is 7.99. The summed E-state index contributed by atoms with van der Waals surface area (Å²) in [5.41, 5.74) is 2.34. The van der Waals surface area contributed by atoms with Crippen LogP contribution in [0, 0.1) is 6.92 Å². The van der Waals surface area contributed by atoms with E-state index in [0.717, 1.165) is 22.5 Å². The number of hydrogen-bond donors (Lipinski definition) is 1. The van der Waals surface area contributed by atoms with Gasteiger partial charge < -0.3 is 14.2 Å². The van der Waals surface area contributed by atoms with E-state index < -0.39 is 5.97 Å². The Bertz CT molecular complexity index is 1110. The van der Waals surface area contributed by atoms with Crippen LogP contribution in [0.3, 0.4) is 0 Å². The lowest BCUT2D eigenvalue weighted by atomic mass is 10.2. The van der Waals surface area contributed by atoms with Gasteiger partial charge in [0.1, 0.15) is 11.5 Å². The zero-order valence-electron chi connectivity index (χ0n) is 18.1. The monoisotopic (exact) mass is 452 g/mol. The van der Waals surface area contributed by atoms with Crippen LogP contribution in [0.25, 0.3) is 6.08 Å². The average Bonchev–Trinajstić information content (AvgIpc) is 3.17. The number of rotatable bonds is 9. The molecule has 0 bridgehead atoms. The van der Waals surface area contributed by atoms with E-state index in [2.05, 4.69) is 10.3 Å². The molecule has 1 aromatic heterocycles. The quantitative estimate of drug-likeness (QED) is 0.368. The molecule has 0 radical (unpaired) electrons. The largest absolute Gasteiger partial charge is 0.493 e. The lowest BCUT2D eigenvalue weighted by Crippen LogP contribution is -2.07. The standard InChI is InChI=1S/C24H24N2O5S/c1-4-30-23(28)22-16(2)25-24(32-22)26-21(27)13-11-17-10-12-19(20(14-17)29-3)31-15-18-8-6-5-7-9-18/h5-14H,4,15H2,1-3H3,(H,25,26,27). The van der Waals surface area contributed by atoms with Gasteiger partial charge in [0, 0.05) is 6.08 Å². The zero-order chi connectivity index (χ0) is 22.9. The summed E-state index contributed by atoms with van der Waals surface area (Å²) in [7, 11) is 1.57. The minimum absolute atomic E-state index is 0.278. The van der Waals surface area contributed by atoms with Crippen molar-refractivity contribution in [3.63, 3.8) is 0 Å². The first-order valence-corrected chi connectivity index (χ1v) is 10.8. The second-order valence-corrected chi connectivity index (χ2v) is 7.66. The summed E-state index contributed by atoms with van der Waals surface area (Å²) in [6.45, 7) is 4.14. The zero-order valence-corrected chi connectivity index (χ0v) is 18.9. The molecule has 166 valence electrons. The Labute approximate surface area is 190 Å². The van der Waals surface area contributed by atoms with Gasteiger partial charge in [0.2, 0.25) is 5.91 Å². The minimum Gasteiger partial charge on any atom is -0.493 e. The van der Waals surface area contributed by atoms with E-state index in [4.69, 9.17) is 14.2 Å². The molecule has 3 aromatic rings. The number of hydrogen-bond acceptors (Lipinski definition) is 7. The third kappa shape index (κ3) is 6.18. The summed E-state index contributed by atoms with van der Waals surface area (Å²) in [4.78, 5) is 28.8. The number of nitrogens with one attached hydrogen (secondary N) is 1. The fraction of sp³-hybridized carbons (Fsp3) is 0.208. The van der Waals surface area contributed by atoms with Gasteiger partial charge in [-0.1, -0.05) is 47.7 Å². The van der Waals surface area contributed by atoms with Crippen molar-refractivity contribution in [3.05, 3.63) is 76.3 Å². The lowest BCUT2D eigenvalue weighted by Gasteiger charge is -2.11. The Hall–Kier alpha value is -3.65. The number of thiazole rings is 1. The molecular weight excluding hydrogens is 428 g/mol. The van der Waals surface area contributed by atoms with Crippen LogP contribution in [0.2, 0.25) is 0 Å². The number of carbonyl (C=O) groups excluding carboxylic acids is 2. The molecule has 0 spiro atoms. The highest BCUT2D eigenvalue weighted by atomic mass is 32.1. The van der Waals surface area contributed by atoms with Crippen LogP contribution < -0.4 is 14.8 Å². The smallest absolute Gasteiger partial charge is 0.350 e. The highest BCUT2D eigenvalue weighted by molar-refractivity contribution is 7.17. The van der Waals surface area contributed by atoms with Crippen LogP contribution in [0.5, 0.6) is 11.5 Å². The van der Waals surface area contributed by atoms with E-state index in [1.807, 2.05) is 36.4 Å². The number of benzene rings is 2. The van der Waals surface area contributed by atoms with Crippen LogP contribution >= 0.6 is 11.3 Å². The van der Waals surface area contributed by atoms with Crippen LogP contribution in [-0.4, -0.2) is 30.6 Å². The molecule has 1 amide bonds. The average molecular weight is 453 g/mol. The third-order valence-electron chi connectivity index (χ3n) is 4.34. The SMILES string of the molecule is CCOC(=O)c1sc(NC(=O)C=Cc2ccc(OCc3ccccc3)c(OC)c2)nc1C. The van der Waals surface area contributed by atoms with Gasteiger partial charge in [-0.2, -0.15) is 0 Å². The number of aromatic nitrogens is 1. The number of nitrogens with zero attached hydrogens (tertiary/aromatic N) is 1. The first kappa shape index (κ1) is 23.0. The van der Waals surface area contributed by atoms with Crippen LogP contribution in [0.15, 0.2) is 54.6 Å². The van der Waals surface area contributed by atoms with Gasteiger partial charge in [-0.25, -0.2) is 9.78 Å². The van der Waals surface area contributed by atoms with E-state index in [-0.39, 0.29) is 12.5 Å². The maximum absolute atomic E-state index is 12.3. The highest BCUT2D eigenvalue weighted by Crippen LogP contribution is 2.29. The number of carbonyl (C=O) groups is 2. The van der Waals surface area contributed by atoms with Gasteiger partial charge in [0.05, 0.1) is 19.4 Å². The van der Waals surface area contributed by atoms with Crippen molar-refractivity contribution in [1.82, 2.24) is 4.98 Å². The Balaban J connectivity index is 1.62. The van der Waals surface area contributed by atoms with Crippen molar-refractivity contribution in [1.29, 1.82) is 0 Å². The molecule has 7 nitrogen and oxygen atoms in total. The van der Waals surface area contributed by atoms with Gasteiger partial charge in [0.15, 0.2) is 16.6 Å². The summed E-state index contributed by atoms with van der Waals surface area (Å²) in [5, 5.41) is 3.00. The lowest BCUT2D eigenvalue weighted by molar-refractivity contribution is -0.111. The van der Waals surface area contributed by atoms with Gasteiger partial charge in [-0.05, 0) is 43.2 Å². The Morgan fingerprint density at radius 2 is 1.91 bits per heavy atom. The molecule has 2 aromatic carbocycles. The van der Waals surface area contributed by atoms with E-state index in [0.29, 0.717) is 33.8 Å².